The molecule has 0 bridgehead atoms. The van der Waals surface area contributed by atoms with Crippen molar-refractivity contribution in [2.45, 2.75) is 58.9 Å². The fourth-order valence-corrected chi connectivity index (χ4v) is 2.47. The highest BCUT2D eigenvalue weighted by Crippen LogP contribution is 2.27. The summed E-state index contributed by atoms with van der Waals surface area (Å²) in [5, 5.41) is 4.23. The van der Waals surface area contributed by atoms with Crippen molar-refractivity contribution < 1.29 is 4.74 Å². The summed E-state index contributed by atoms with van der Waals surface area (Å²) in [7, 11) is 0. The Morgan fingerprint density at radius 3 is 2.60 bits per heavy atom. The van der Waals surface area contributed by atoms with Gasteiger partial charge in [-0.25, -0.2) is 0 Å². The molecule has 0 amide bonds. The van der Waals surface area contributed by atoms with Crippen molar-refractivity contribution in [1.29, 1.82) is 0 Å². The quantitative estimate of drug-likeness (QED) is 0.587. The Morgan fingerprint density at radius 2 is 1.95 bits per heavy atom. The van der Waals surface area contributed by atoms with E-state index in [0.29, 0.717) is 0 Å². The first-order valence-electron chi connectivity index (χ1n) is 7.84. The summed E-state index contributed by atoms with van der Waals surface area (Å²) in [6.07, 6.45) is 6.01. The second-order valence-electron chi connectivity index (χ2n) is 5.27. The summed E-state index contributed by atoms with van der Waals surface area (Å²) in [5.74, 6) is 0.873. The zero-order valence-electron chi connectivity index (χ0n) is 13.0. The number of nitrogens with one attached hydrogen (secondary N) is 1. The maximum absolute atomic E-state index is 6.35. The van der Waals surface area contributed by atoms with Crippen molar-refractivity contribution >= 4 is 11.6 Å². The SMILES string of the molecule is CCCCCCOc1ccc(C(C)NCCC)c(Cl)c1. The number of halogens is 1. The number of rotatable bonds is 10. The van der Waals surface area contributed by atoms with E-state index in [9.17, 15) is 0 Å². The second kappa shape index (κ2) is 10.1. The molecule has 1 atom stereocenters. The summed E-state index contributed by atoms with van der Waals surface area (Å²) in [5.41, 5.74) is 1.14. The molecule has 3 heteroatoms. The van der Waals surface area contributed by atoms with Crippen molar-refractivity contribution in [2.24, 2.45) is 0 Å². The Kier molecular flexibility index (Phi) is 8.72. The van der Waals surface area contributed by atoms with Crippen molar-refractivity contribution in [1.82, 2.24) is 5.32 Å². The van der Waals surface area contributed by atoms with Gasteiger partial charge in [0, 0.05) is 11.1 Å². The molecule has 0 spiro atoms. The molecule has 0 aliphatic rings. The van der Waals surface area contributed by atoms with Crippen LogP contribution in [0.25, 0.3) is 0 Å². The van der Waals surface area contributed by atoms with Crippen LogP contribution in [-0.2, 0) is 0 Å². The van der Waals surface area contributed by atoms with Gasteiger partial charge >= 0.3 is 0 Å². The first-order valence-corrected chi connectivity index (χ1v) is 8.22. The van der Waals surface area contributed by atoms with Crippen LogP contribution in [0.15, 0.2) is 18.2 Å². The third kappa shape index (κ3) is 6.15. The minimum atomic E-state index is 0.279. The lowest BCUT2D eigenvalue weighted by molar-refractivity contribution is 0.305. The molecule has 20 heavy (non-hydrogen) atoms. The first kappa shape index (κ1) is 17.3. The number of benzene rings is 1. The summed E-state index contributed by atoms with van der Waals surface area (Å²) in [6, 6.07) is 6.30. The van der Waals surface area contributed by atoms with E-state index in [0.717, 1.165) is 42.3 Å². The lowest BCUT2D eigenvalue weighted by atomic mass is 10.1. The number of ether oxygens (including phenoxy) is 1. The van der Waals surface area contributed by atoms with Gasteiger partial charge < -0.3 is 10.1 Å². The molecule has 2 nitrogen and oxygen atoms in total. The fraction of sp³-hybridized carbons (Fsp3) is 0.647. The Bertz CT molecular complexity index is 381. The molecule has 1 N–H and O–H groups in total. The van der Waals surface area contributed by atoms with Gasteiger partial charge in [0.2, 0.25) is 0 Å². The van der Waals surface area contributed by atoms with Crippen LogP contribution in [0.1, 0.15) is 64.5 Å². The molecule has 1 aromatic rings. The van der Waals surface area contributed by atoms with Crippen molar-refractivity contribution in [2.75, 3.05) is 13.2 Å². The van der Waals surface area contributed by atoms with Crippen molar-refractivity contribution in [3.05, 3.63) is 28.8 Å². The zero-order chi connectivity index (χ0) is 14.8. The van der Waals surface area contributed by atoms with Crippen molar-refractivity contribution in [3.63, 3.8) is 0 Å². The first-order chi connectivity index (χ1) is 9.69. The van der Waals surface area contributed by atoms with Gasteiger partial charge in [-0.3, -0.25) is 0 Å². The minimum Gasteiger partial charge on any atom is -0.494 e. The molecule has 0 saturated carbocycles. The summed E-state index contributed by atoms with van der Waals surface area (Å²) < 4.78 is 5.74. The third-order valence-corrected chi connectivity index (χ3v) is 3.73. The van der Waals surface area contributed by atoms with Gasteiger partial charge in [-0.05, 0) is 44.0 Å². The molecule has 0 saturated heterocycles. The molecule has 0 fully saturated rings. The van der Waals surface area contributed by atoms with Crippen LogP contribution in [0.5, 0.6) is 5.75 Å². The molecule has 0 radical (unpaired) electrons. The van der Waals surface area contributed by atoms with Crippen LogP contribution in [0, 0.1) is 0 Å². The van der Waals surface area contributed by atoms with Gasteiger partial charge in [0.25, 0.3) is 0 Å². The monoisotopic (exact) mass is 297 g/mol. The number of unbranched alkanes of at least 4 members (excludes halogenated alkanes) is 3. The van der Waals surface area contributed by atoms with Crippen LogP contribution in [-0.4, -0.2) is 13.2 Å². The maximum atomic E-state index is 6.35. The van der Waals surface area contributed by atoms with Gasteiger partial charge in [-0.2, -0.15) is 0 Å². The van der Waals surface area contributed by atoms with Gasteiger partial charge in [0.15, 0.2) is 0 Å². The van der Waals surface area contributed by atoms with E-state index in [4.69, 9.17) is 16.3 Å². The Hall–Kier alpha value is -0.730. The molecule has 0 aliphatic heterocycles. The molecule has 114 valence electrons. The molecule has 1 unspecified atom stereocenters. The zero-order valence-corrected chi connectivity index (χ0v) is 13.8. The van der Waals surface area contributed by atoms with Gasteiger partial charge in [0.1, 0.15) is 5.75 Å². The molecule has 0 aromatic heterocycles. The van der Waals surface area contributed by atoms with Crippen LogP contribution < -0.4 is 10.1 Å². The Labute approximate surface area is 128 Å². The van der Waals surface area contributed by atoms with E-state index < -0.39 is 0 Å². The standard InChI is InChI=1S/C17H28ClNO/c1-4-6-7-8-12-20-15-9-10-16(17(18)13-15)14(3)19-11-5-2/h9-10,13-14,19H,4-8,11-12H2,1-3H3. The third-order valence-electron chi connectivity index (χ3n) is 3.41. The second-order valence-corrected chi connectivity index (χ2v) is 5.68. The van der Waals surface area contributed by atoms with E-state index in [1.54, 1.807) is 0 Å². The predicted octanol–water partition coefficient (Wildman–Crippen LogP) is 5.36. The molecular formula is C17H28ClNO. The highest BCUT2D eigenvalue weighted by molar-refractivity contribution is 6.31. The number of hydrogen-bond donors (Lipinski definition) is 1. The van der Waals surface area contributed by atoms with E-state index in [2.05, 4.69) is 32.2 Å². The molecule has 1 aromatic carbocycles. The predicted molar refractivity (Wildman–Crippen MR) is 87.8 cm³/mol. The lowest BCUT2D eigenvalue weighted by Crippen LogP contribution is -2.19. The highest BCUT2D eigenvalue weighted by Gasteiger charge is 2.09. The highest BCUT2D eigenvalue weighted by atomic mass is 35.5. The van der Waals surface area contributed by atoms with E-state index in [1.807, 2.05) is 12.1 Å². The van der Waals surface area contributed by atoms with Crippen LogP contribution in [0.3, 0.4) is 0 Å². The minimum absolute atomic E-state index is 0.279. The van der Waals surface area contributed by atoms with Crippen LogP contribution in [0.2, 0.25) is 5.02 Å². The van der Waals surface area contributed by atoms with Gasteiger partial charge in [0.05, 0.1) is 6.61 Å². The van der Waals surface area contributed by atoms with Crippen LogP contribution in [0.4, 0.5) is 0 Å². The van der Waals surface area contributed by atoms with E-state index >= 15 is 0 Å². The smallest absolute Gasteiger partial charge is 0.120 e. The Morgan fingerprint density at radius 1 is 1.15 bits per heavy atom. The summed E-state index contributed by atoms with van der Waals surface area (Å²) in [4.78, 5) is 0. The average molecular weight is 298 g/mol. The molecular weight excluding hydrogens is 270 g/mol. The fourth-order valence-electron chi connectivity index (χ4n) is 2.14. The molecule has 0 aliphatic carbocycles. The lowest BCUT2D eigenvalue weighted by Gasteiger charge is -2.16. The van der Waals surface area contributed by atoms with E-state index in [1.165, 1.54) is 19.3 Å². The van der Waals surface area contributed by atoms with Gasteiger partial charge in [-0.15, -0.1) is 0 Å². The van der Waals surface area contributed by atoms with Gasteiger partial charge in [-0.1, -0.05) is 50.8 Å². The maximum Gasteiger partial charge on any atom is 0.120 e. The topological polar surface area (TPSA) is 21.3 Å². The normalized spacial score (nSPS) is 12.4. The largest absolute Gasteiger partial charge is 0.494 e. The molecule has 0 heterocycles. The Balaban J connectivity index is 2.46. The summed E-state index contributed by atoms with van der Waals surface area (Å²) in [6.45, 7) is 8.30. The summed E-state index contributed by atoms with van der Waals surface area (Å²) >= 11 is 6.35. The van der Waals surface area contributed by atoms with Crippen molar-refractivity contribution in [3.8, 4) is 5.75 Å². The average Bonchev–Trinajstić information content (AvgIpc) is 2.44. The van der Waals surface area contributed by atoms with E-state index in [-0.39, 0.29) is 6.04 Å². The molecule has 1 rings (SSSR count). The number of hydrogen-bond acceptors (Lipinski definition) is 2. The van der Waals surface area contributed by atoms with Crippen LogP contribution >= 0.6 is 11.6 Å².